The molecule has 1 aromatic carbocycles. The molecule has 0 radical (unpaired) electrons. The molecule has 2 rings (SSSR count). The fraction of sp³-hybridized carbons (Fsp3) is 0.462. The maximum atomic E-state index is 11.6. The Morgan fingerprint density at radius 2 is 1.82 bits per heavy atom. The Balaban J connectivity index is 2.49. The molecule has 17 heavy (non-hydrogen) atoms. The van der Waals surface area contributed by atoms with Crippen LogP contribution in [0.3, 0.4) is 0 Å². The minimum atomic E-state index is -0.820. The maximum absolute atomic E-state index is 11.6. The van der Waals surface area contributed by atoms with Crippen molar-refractivity contribution in [3.05, 3.63) is 33.8 Å². The van der Waals surface area contributed by atoms with E-state index in [0.717, 1.165) is 19.3 Å². The highest BCUT2D eigenvalue weighted by Crippen LogP contribution is 2.43. The van der Waals surface area contributed by atoms with Crippen LogP contribution in [0.15, 0.2) is 18.2 Å². The van der Waals surface area contributed by atoms with Gasteiger partial charge in [-0.1, -0.05) is 48.5 Å². The van der Waals surface area contributed by atoms with E-state index in [0.29, 0.717) is 28.5 Å². The molecule has 2 nitrogen and oxygen atoms in total. The Hall–Kier alpha value is -0.730. The molecule has 1 fully saturated rings. The molecular formula is C13H14Cl2O2. The molecule has 1 aromatic rings. The summed E-state index contributed by atoms with van der Waals surface area (Å²) in [4.78, 5) is 11.6. The Kier molecular flexibility index (Phi) is 3.64. The highest BCUT2D eigenvalue weighted by molar-refractivity contribution is 6.35. The number of hydrogen-bond donors (Lipinski definition) is 1. The lowest BCUT2D eigenvalue weighted by Gasteiger charge is -2.34. The summed E-state index contributed by atoms with van der Waals surface area (Å²) < 4.78 is 0. The van der Waals surface area contributed by atoms with E-state index >= 15 is 0 Å². The van der Waals surface area contributed by atoms with Gasteiger partial charge in [-0.25, -0.2) is 0 Å². The first kappa shape index (κ1) is 12.7. The first-order valence-electron chi connectivity index (χ1n) is 5.75. The highest BCUT2D eigenvalue weighted by Gasteiger charge is 2.42. The van der Waals surface area contributed by atoms with E-state index in [9.17, 15) is 9.90 Å². The third-order valence-electron chi connectivity index (χ3n) is 3.56. The zero-order valence-electron chi connectivity index (χ0n) is 9.38. The van der Waals surface area contributed by atoms with Gasteiger partial charge in [-0.15, -0.1) is 0 Å². The van der Waals surface area contributed by atoms with Gasteiger partial charge in [0.1, 0.15) is 0 Å². The van der Waals surface area contributed by atoms with Gasteiger partial charge in [0.25, 0.3) is 0 Å². The van der Waals surface area contributed by atoms with E-state index in [1.165, 1.54) is 0 Å². The molecule has 1 N–H and O–H groups in total. The Morgan fingerprint density at radius 1 is 1.18 bits per heavy atom. The van der Waals surface area contributed by atoms with Gasteiger partial charge >= 0.3 is 5.97 Å². The normalized spacial score (nSPS) is 18.9. The van der Waals surface area contributed by atoms with E-state index in [1.807, 2.05) is 0 Å². The minimum absolute atomic E-state index is 0.460. The summed E-state index contributed by atoms with van der Waals surface area (Å²) in [5.74, 6) is -0.776. The Morgan fingerprint density at radius 3 is 2.35 bits per heavy atom. The van der Waals surface area contributed by atoms with Gasteiger partial charge in [0.15, 0.2) is 0 Å². The number of benzene rings is 1. The molecule has 0 atom stereocenters. The molecule has 0 bridgehead atoms. The van der Waals surface area contributed by atoms with Gasteiger partial charge in [-0.2, -0.15) is 0 Å². The number of carboxylic acid groups (broad SMARTS) is 1. The average molecular weight is 273 g/mol. The lowest BCUT2D eigenvalue weighted by molar-refractivity contribution is -0.145. The number of hydrogen-bond acceptors (Lipinski definition) is 1. The Labute approximate surface area is 111 Å². The summed E-state index contributed by atoms with van der Waals surface area (Å²) in [5.41, 5.74) is -0.115. The second-order valence-electron chi connectivity index (χ2n) is 4.57. The topological polar surface area (TPSA) is 37.3 Å². The smallest absolute Gasteiger partial charge is 0.314 e. The van der Waals surface area contributed by atoms with Crippen LogP contribution in [0.25, 0.3) is 0 Å². The fourth-order valence-electron chi connectivity index (χ4n) is 2.63. The standard InChI is InChI=1S/C13H14Cl2O2/c14-9-4-5-10(11(15)8-9)13(12(16)17)6-2-1-3-7-13/h4-5,8H,1-3,6-7H2,(H,16,17). The molecule has 1 aliphatic carbocycles. The van der Waals surface area contributed by atoms with Crippen molar-refractivity contribution in [1.29, 1.82) is 0 Å². The van der Waals surface area contributed by atoms with Crippen molar-refractivity contribution in [2.45, 2.75) is 37.5 Å². The summed E-state index contributed by atoms with van der Waals surface area (Å²) >= 11 is 12.0. The molecule has 92 valence electrons. The zero-order chi connectivity index (χ0) is 12.5. The zero-order valence-corrected chi connectivity index (χ0v) is 10.9. The largest absolute Gasteiger partial charge is 0.481 e. The average Bonchev–Trinajstić information content (AvgIpc) is 2.29. The second-order valence-corrected chi connectivity index (χ2v) is 5.42. The number of rotatable bonds is 2. The quantitative estimate of drug-likeness (QED) is 0.873. The molecule has 0 amide bonds. The number of carbonyl (C=O) groups is 1. The molecule has 1 saturated carbocycles. The van der Waals surface area contributed by atoms with Crippen LogP contribution in [0, 0.1) is 0 Å². The van der Waals surface area contributed by atoms with Gasteiger partial charge in [0.2, 0.25) is 0 Å². The molecule has 0 heterocycles. The minimum Gasteiger partial charge on any atom is -0.481 e. The molecule has 1 aliphatic rings. The third kappa shape index (κ3) is 2.29. The van der Waals surface area contributed by atoms with Crippen molar-refractivity contribution in [2.75, 3.05) is 0 Å². The molecule has 0 spiro atoms. The summed E-state index contributed by atoms with van der Waals surface area (Å²) in [6.45, 7) is 0. The lowest BCUT2D eigenvalue weighted by atomic mass is 9.69. The Bertz CT molecular complexity index is 437. The van der Waals surface area contributed by atoms with E-state index in [2.05, 4.69) is 0 Å². The van der Waals surface area contributed by atoms with Gasteiger partial charge in [0.05, 0.1) is 5.41 Å². The highest BCUT2D eigenvalue weighted by atomic mass is 35.5. The number of carboxylic acids is 1. The molecular weight excluding hydrogens is 259 g/mol. The van der Waals surface area contributed by atoms with E-state index < -0.39 is 11.4 Å². The van der Waals surface area contributed by atoms with Crippen LogP contribution in [0.4, 0.5) is 0 Å². The summed E-state index contributed by atoms with van der Waals surface area (Å²) in [5, 5.41) is 10.5. The SMILES string of the molecule is O=C(O)C1(c2ccc(Cl)cc2Cl)CCCCC1. The summed E-state index contributed by atoms with van der Waals surface area (Å²) in [7, 11) is 0. The summed E-state index contributed by atoms with van der Waals surface area (Å²) in [6, 6.07) is 5.09. The van der Waals surface area contributed by atoms with Crippen LogP contribution in [0.2, 0.25) is 10.0 Å². The first-order valence-corrected chi connectivity index (χ1v) is 6.51. The van der Waals surface area contributed by atoms with Crippen LogP contribution in [-0.2, 0) is 10.2 Å². The van der Waals surface area contributed by atoms with Crippen molar-refractivity contribution in [2.24, 2.45) is 0 Å². The fourth-order valence-corrected chi connectivity index (χ4v) is 3.22. The molecule has 0 aromatic heterocycles. The molecule has 0 unspecified atom stereocenters. The van der Waals surface area contributed by atoms with Gasteiger partial charge < -0.3 is 5.11 Å². The van der Waals surface area contributed by atoms with Crippen molar-refractivity contribution in [3.63, 3.8) is 0 Å². The number of halogens is 2. The predicted octanol–water partition coefficient (Wildman–Crippen LogP) is 4.28. The van der Waals surface area contributed by atoms with Gasteiger partial charge in [0, 0.05) is 10.0 Å². The van der Waals surface area contributed by atoms with Crippen LogP contribution < -0.4 is 0 Å². The molecule has 0 saturated heterocycles. The van der Waals surface area contributed by atoms with Gasteiger partial charge in [-0.3, -0.25) is 4.79 Å². The van der Waals surface area contributed by atoms with E-state index in [1.54, 1.807) is 18.2 Å². The monoisotopic (exact) mass is 272 g/mol. The van der Waals surface area contributed by atoms with Crippen LogP contribution in [0.1, 0.15) is 37.7 Å². The third-order valence-corrected chi connectivity index (χ3v) is 4.11. The van der Waals surface area contributed by atoms with Crippen LogP contribution >= 0.6 is 23.2 Å². The predicted molar refractivity (Wildman–Crippen MR) is 68.9 cm³/mol. The van der Waals surface area contributed by atoms with Crippen molar-refractivity contribution in [1.82, 2.24) is 0 Å². The van der Waals surface area contributed by atoms with Crippen LogP contribution in [-0.4, -0.2) is 11.1 Å². The lowest BCUT2D eigenvalue weighted by Crippen LogP contribution is -2.38. The van der Waals surface area contributed by atoms with E-state index in [-0.39, 0.29) is 0 Å². The summed E-state index contributed by atoms with van der Waals surface area (Å²) in [6.07, 6.45) is 4.28. The molecule has 4 heteroatoms. The van der Waals surface area contributed by atoms with Crippen molar-refractivity contribution < 1.29 is 9.90 Å². The molecule has 0 aliphatic heterocycles. The van der Waals surface area contributed by atoms with Crippen molar-refractivity contribution >= 4 is 29.2 Å². The van der Waals surface area contributed by atoms with Crippen LogP contribution in [0.5, 0.6) is 0 Å². The second kappa shape index (κ2) is 4.87. The first-order chi connectivity index (χ1) is 8.06. The van der Waals surface area contributed by atoms with E-state index in [4.69, 9.17) is 23.2 Å². The maximum Gasteiger partial charge on any atom is 0.314 e. The van der Waals surface area contributed by atoms with Crippen molar-refractivity contribution in [3.8, 4) is 0 Å². The van der Waals surface area contributed by atoms with Gasteiger partial charge in [-0.05, 0) is 30.5 Å². The number of aliphatic carboxylic acids is 1.